The first-order chi connectivity index (χ1) is 28.7. The molecule has 12 rings (SSSR count). The molecule has 0 aromatic heterocycles. The zero-order chi connectivity index (χ0) is 38.2. The maximum absolute atomic E-state index is 2.45. The topological polar surface area (TPSA) is 6.48 Å². The van der Waals surface area contributed by atoms with Crippen molar-refractivity contribution >= 4 is 110 Å². The van der Waals surface area contributed by atoms with E-state index >= 15 is 0 Å². The zero-order valence-electron chi connectivity index (χ0n) is 31.7. The highest BCUT2D eigenvalue weighted by Gasteiger charge is 2.22. The van der Waals surface area contributed by atoms with E-state index in [4.69, 9.17) is 0 Å². The number of rotatable bonds is 6. The summed E-state index contributed by atoms with van der Waals surface area (Å²) >= 11 is 0. The Bertz CT molecular complexity index is 3150. The van der Waals surface area contributed by atoms with E-state index in [-0.39, 0.29) is 0 Å². The van der Waals surface area contributed by atoms with Crippen molar-refractivity contribution < 1.29 is 0 Å². The fraction of sp³-hybridized carbons (Fsp3) is 0. The van der Waals surface area contributed by atoms with Gasteiger partial charge in [-0.25, -0.2) is 0 Å². The summed E-state index contributed by atoms with van der Waals surface area (Å²) in [5, 5.41) is 17.3. The summed E-state index contributed by atoms with van der Waals surface area (Å²) in [5.74, 6) is 0. The molecule has 0 spiro atoms. The Morgan fingerprint density at radius 3 is 0.776 bits per heavy atom. The Balaban J connectivity index is 1.12. The summed E-state index contributed by atoms with van der Waals surface area (Å²) in [5.41, 5.74) is 6.82. The van der Waals surface area contributed by atoms with Gasteiger partial charge in [0.25, 0.3) is 0 Å². The SMILES string of the molecule is c1ccc2cc(N(c3ccc4ccccc4c3)c3ccc4ccc5c(N(c6ccc7ccccc7c6)c6ccc7ccccc7c6)ccc6ccc3c4c65)ccc2c1. The quantitative estimate of drug-likeness (QED) is 0.157. The van der Waals surface area contributed by atoms with Gasteiger partial charge in [0.15, 0.2) is 0 Å². The molecule has 0 N–H and O–H groups in total. The van der Waals surface area contributed by atoms with Crippen LogP contribution in [0.15, 0.2) is 218 Å². The van der Waals surface area contributed by atoms with Gasteiger partial charge in [0.1, 0.15) is 0 Å². The Labute approximate surface area is 336 Å². The molecule has 0 aliphatic rings. The first-order valence-corrected chi connectivity index (χ1v) is 20.0. The number of nitrogens with zero attached hydrogens (tertiary/aromatic N) is 2. The van der Waals surface area contributed by atoms with Crippen molar-refractivity contribution in [1.82, 2.24) is 0 Å². The molecule has 0 unspecified atom stereocenters. The third-order valence-corrected chi connectivity index (χ3v) is 12.1. The van der Waals surface area contributed by atoms with Crippen molar-refractivity contribution in [3.8, 4) is 0 Å². The van der Waals surface area contributed by atoms with Crippen LogP contribution in [0.5, 0.6) is 0 Å². The highest BCUT2D eigenvalue weighted by atomic mass is 15.1. The summed E-state index contributed by atoms with van der Waals surface area (Å²) in [4.78, 5) is 4.89. The van der Waals surface area contributed by atoms with Gasteiger partial charge in [-0.1, -0.05) is 158 Å². The Kier molecular flexibility index (Phi) is 7.26. The summed E-state index contributed by atoms with van der Waals surface area (Å²) in [6, 6.07) is 80.4. The van der Waals surface area contributed by atoms with E-state index in [1.165, 1.54) is 75.4 Å². The molecule has 0 aliphatic carbocycles. The number of hydrogen-bond donors (Lipinski definition) is 0. The Morgan fingerprint density at radius 2 is 0.466 bits per heavy atom. The molecule has 2 nitrogen and oxygen atoms in total. The molecule has 0 aliphatic heterocycles. The van der Waals surface area contributed by atoms with Crippen molar-refractivity contribution in [2.24, 2.45) is 0 Å². The Hall–Kier alpha value is -7.68. The van der Waals surface area contributed by atoms with Crippen LogP contribution in [-0.4, -0.2) is 0 Å². The van der Waals surface area contributed by atoms with Crippen LogP contribution in [0.4, 0.5) is 34.1 Å². The standard InChI is InChI=1S/C56H36N2/c1-5-13-43-33-47(25-17-37(43)9-1)57(48-26-18-38-10-2-6-14-44(38)34-48)53-31-23-41-22-30-52-54(32-24-42-21-29-51(53)55(41)56(42)52)58(49-27-19-39-11-3-7-15-45(39)35-49)50-28-20-40-12-4-8-16-46(40)36-50/h1-36H. The maximum Gasteiger partial charge on any atom is 0.0540 e. The van der Waals surface area contributed by atoms with Crippen LogP contribution in [0.1, 0.15) is 0 Å². The maximum atomic E-state index is 2.45. The van der Waals surface area contributed by atoms with Crippen LogP contribution in [-0.2, 0) is 0 Å². The fourth-order valence-electron chi connectivity index (χ4n) is 9.28. The summed E-state index contributed by atoms with van der Waals surface area (Å²) in [6.45, 7) is 0. The van der Waals surface area contributed by atoms with Crippen molar-refractivity contribution in [3.05, 3.63) is 218 Å². The highest BCUT2D eigenvalue weighted by Crippen LogP contribution is 2.48. The van der Waals surface area contributed by atoms with Crippen molar-refractivity contribution in [1.29, 1.82) is 0 Å². The third-order valence-electron chi connectivity index (χ3n) is 12.1. The minimum atomic E-state index is 1.13. The van der Waals surface area contributed by atoms with Gasteiger partial charge >= 0.3 is 0 Å². The van der Waals surface area contributed by atoms with E-state index in [0.29, 0.717) is 0 Å². The second-order valence-electron chi connectivity index (χ2n) is 15.4. The lowest BCUT2D eigenvalue weighted by Gasteiger charge is -2.30. The molecular formula is C56H36N2. The first kappa shape index (κ1) is 32.6. The molecule has 0 saturated carbocycles. The lowest BCUT2D eigenvalue weighted by Crippen LogP contribution is -2.11. The predicted molar refractivity (Wildman–Crippen MR) is 250 cm³/mol. The van der Waals surface area contributed by atoms with Crippen molar-refractivity contribution in [2.75, 3.05) is 9.80 Å². The lowest BCUT2D eigenvalue weighted by atomic mass is 9.91. The molecule has 0 radical (unpaired) electrons. The average Bonchev–Trinajstić information content (AvgIpc) is 3.29. The smallest absolute Gasteiger partial charge is 0.0540 e. The molecule has 12 aromatic carbocycles. The molecule has 0 bridgehead atoms. The second-order valence-corrected chi connectivity index (χ2v) is 15.4. The minimum absolute atomic E-state index is 1.13. The average molecular weight is 737 g/mol. The van der Waals surface area contributed by atoms with Crippen LogP contribution in [0.3, 0.4) is 0 Å². The monoisotopic (exact) mass is 736 g/mol. The van der Waals surface area contributed by atoms with Crippen LogP contribution in [0.25, 0.3) is 75.4 Å². The second kappa shape index (κ2) is 12.9. The van der Waals surface area contributed by atoms with E-state index in [1.807, 2.05) is 0 Å². The van der Waals surface area contributed by atoms with E-state index in [9.17, 15) is 0 Å². The van der Waals surface area contributed by atoms with Gasteiger partial charge in [0.2, 0.25) is 0 Å². The molecule has 2 heteroatoms. The number of benzene rings is 12. The van der Waals surface area contributed by atoms with E-state index in [0.717, 1.165) is 34.1 Å². The Morgan fingerprint density at radius 1 is 0.207 bits per heavy atom. The zero-order valence-corrected chi connectivity index (χ0v) is 31.7. The molecule has 0 fully saturated rings. The van der Waals surface area contributed by atoms with Gasteiger partial charge in [0, 0.05) is 33.5 Å². The largest absolute Gasteiger partial charge is 0.310 e. The predicted octanol–water partition coefficient (Wildman–Crippen LogP) is 16.1. The highest BCUT2D eigenvalue weighted by molar-refractivity contribution is 6.28. The molecule has 12 aromatic rings. The van der Waals surface area contributed by atoms with Gasteiger partial charge in [-0.05, 0) is 125 Å². The van der Waals surface area contributed by atoms with Crippen molar-refractivity contribution in [3.63, 3.8) is 0 Å². The third kappa shape index (κ3) is 5.19. The van der Waals surface area contributed by atoms with Gasteiger partial charge in [0.05, 0.1) is 11.4 Å². The summed E-state index contributed by atoms with van der Waals surface area (Å²) < 4.78 is 0. The lowest BCUT2D eigenvalue weighted by molar-refractivity contribution is 1.31. The number of anilines is 6. The first-order valence-electron chi connectivity index (χ1n) is 20.0. The molecule has 0 amide bonds. The van der Waals surface area contributed by atoms with Gasteiger partial charge in [-0.2, -0.15) is 0 Å². The van der Waals surface area contributed by atoms with Gasteiger partial charge in [-0.15, -0.1) is 0 Å². The normalized spacial score (nSPS) is 11.8. The van der Waals surface area contributed by atoms with E-state index in [1.54, 1.807) is 0 Å². The van der Waals surface area contributed by atoms with E-state index < -0.39 is 0 Å². The van der Waals surface area contributed by atoms with Crippen LogP contribution < -0.4 is 9.80 Å². The van der Waals surface area contributed by atoms with Crippen LogP contribution >= 0.6 is 0 Å². The summed E-state index contributed by atoms with van der Waals surface area (Å²) in [7, 11) is 0. The summed E-state index contributed by atoms with van der Waals surface area (Å²) in [6.07, 6.45) is 0. The number of hydrogen-bond acceptors (Lipinski definition) is 2. The molecule has 58 heavy (non-hydrogen) atoms. The molecular weight excluding hydrogens is 701 g/mol. The van der Waals surface area contributed by atoms with Gasteiger partial charge < -0.3 is 9.80 Å². The van der Waals surface area contributed by atoms with Crippen molar-refractivity contribution in [2.45, 2.75) is 0 Å². The number of fused-ring (bicyclic) bond motifs is 4. The van der Waals surface area contributed by atoms with E-state index in [2.05, 4.69) is 228 Å². The van der Waals surface area contributed by atoms with Gasteiger partial charge in [-0.3, -0.25) is 0 Å². The minimum Gasteiger partial charge on any atom is -0.310 e. The fourth-order valence-corrected chi connectivity index (χ4v) is 9.28. The van der Waals surface area contributed by atoms with Crippen LogP contribution in [0, 0.1) is 0 Å². The molecule has 270 valence electrons. The van der Waals surface area contributed by atoms with Crippen LogP contribution in [0.2, 0.25) is 0 Å². The molecule has 0 atom stereocenters. The molecule has 0 saturated heterocycles. The molecule has 0 heterocycles.